The molecule has 1 fully saturated rings. The van der Waals surface area contributed by atoms with Crippen LogP contribution >= 0.6 is 0 Å². The van der Waals surface area contributed by atoms with Gasteiger partial charge in [0, 0.05) is 11.2 Å². The van der Waals surface area contributed by atoms with Crippen molar-refractivity contribution in [2.24, 2.45) is 11.1 Å². The summed E-state index contributed by atoms with van der Waals surface area (Å²) in [5.41, 5.74) is 8.70. The van der Waals surface area contributed by atoms with Crippen molar-refractivity contribution >= 4 is 11.8 Å². The lowest BCUT2D eigenvalue weighted by molar-refractivity contribution is 0.0636. The van der Waals surface area contributed by atoms with Gasteiger partial charge in [0.2, 0.25) is 0 Å². The van der Waals surface area contributed by atoms with Crippen molar-refractivity contribution in [2.75, 3.05) is 5.32 Å². The number of anilines is 1. The maximum Gasteiger partial charge on any atom is 0.412 e. The summed E-state index contributed by atoms with van der Waals surface area (Å²) in [4.78, 5) is 11.8. The minimum absolute atomic E-state index is 0.138. The molecule has 1 unspecified atom stereocenters. The van der Waals surface area contributed by atoms with Crippen LogP contribution in [0.25, 0.3) is 0 Å². The number of nitrogens with two attached hydrogens (primary N) is 1. The Bertz CT molecular complexity index is 573. The molecule has 0 heterocycles. The summed E-state index contributed by atoms with van der Waals surface area (Å²) < 4.78 is 5.26. The van der Waals surface area contributed by atoms with E-state index in [9.17, 15) is 4.79 Å². The highest BCUT2D eigenvalue weighted by Gasteiger charge is 2.59. The maximum atomic E-state index is 11.8. The van der Waals surface area contributed by atoms with Gasteiger partial charge in [0.15, 0.2) is 0 Å². The van der Waals surface area contributed by atoms with Crippen LogP contribution in [-0.4, -0.2) is 11.7 Å². The first-order chi connectivity index (χ1) is 9.45. The molecule has 21 heavy (non-hydrogen) atoms. The van der Waals surface area contributed by atoms with Crippen LogP contribution in [0.2, 0.25) is 0 Å². The number of carbonyl (C=O) groups excluding carboxylic acids is 1. The normalized spacial score (nSPS) is 23.6. The van der Waals surface area contributed by atoms with E-state index < -0.39 is 11.7 Å². The average molecular weight is 290 g/mol. The predicted molar refractivity (Wildman–Crippen MR) is 85.3 cm³/mol. The highest BCUT2D eigenvalue weighted by atomic mass is 16.6. The smallest absolute Gasteiger partial charge is 0.412 e. The van der Waals surface area contributed by atoms with E-state index >= 15 is 0 Å². The molecule has 1 amide bonds. The van der Waals surface area contributed by atoms with Gasteiger partial charge in [0.05, 0.1) is 0 Å². The molecule has 0 aromatic heterocycles. The first-order valence-electron chi connectivity index (χ1n) is 7.35. The van der Waals surface area contributed by atoms with Gasteiger partial charge in [-0.05, 0) is 56.7 Å². The fourth-order valence-electron chi connectivity index (χ4n) is 2.64. The Kier molecular flexibility index (Phi) is 3.57. The van der Waals surface area contributed by atoms with Gasteiger partial charge >= 0.3 is 6.09 Å². The monoisotopic (exact) mass is 290 g/mol. The molecule has 4 heteroatoms. The highest BCUT2D eigenvalue weighted by molar-refractivity contribution is 5.86. The number of amides is 1. The number of hydrogen-bond donors (Lipinski definition) is 2. The molecule has 1 aromatic carbocycles. The molecule has 3 N–H and O–H groups in total. The fraction of sp³-hybridized carbons (Fsp3) is 0.588. The number of benzene rings is 1. The van der Waals surface area contributed by atoms with Gasteiger partial charge in [-0.25, -0.2) is 4.79 Å². The molecule has 1 saturated carbocycles. The van der Waals surface area contributed by atoms with Crippen molar-refractivity contribution in [3.63, 3.8) is 0 Å². The number of rotatable bonds is 2. The molecule has 1 aliphatic rings. The van der Waals surface area contributed by atoms with Gasteiger partial charge in [0.1, 0.15) is 5.60 Å². The number of hydrogen-bond acceptors (Lipinski definition) is 3. The molecule has 0 spiro atoms. The molecule has 1 aliphatic carbocycles. The minimum Gasteiger partial charge on any atom is -0.444 e. The van der Waals surface area contributed by atoms with Crippen LogP contribution in [0.5, 0.6) is 0 Å². The van der Waals surface area contributed by atoms with Crippen LogP contribution in [0.1, 0.15) is 52.2 Å². The molecule has 0 radical (unpaired) electrons. The molecule has 1 atom stereocenters. The number of aryl methyl sites for hydroxylation is 1. The van der Waals surface area contributed by atoms with E-state index in [2.05, 4.69) is 25.2 Å². The molecular formula is C17H26N2O2. The van der Waals surface area contributed by atoms with Gasteiger partial charge in [0.25, 0.3) is 0 Å². The lowest BCUT2D eigenvalue weighted by Gasteiger charge is -2.21. The zero-order valence-corrected chi connectivity index (χ0v) is 13.8. The lowest BCUT2D eigenvalue weighted by Crippen LogP contribution is -2.28. The number of ether oxygens (including phenoxy) is 1. The Labute approximate surface area is 127 Å². The van der Waals surface area contributed by atoms with Crippen molar-refractivity contribution in [2.45, 2.75) is 59.1 Å². The Morgan fingerprint density at radius 1 is 1.33 bits per heavy atom. The van der Waals surface area contributed by atoms with Gasteiger partial charge in [-0.1, -0.05) is 26.0 Å². The molecular weight excluding hydrogens is 264 g/mol. The molecule has 1 aromatic rings. The molecule has 4 nitrogen and oxygen atoms in total. The standard InChI is InChI=1S/C17H26N2O2/c1-11-9-12(17(18)10-16(17,5)6)7-8-13(11)19-14(20)21-15(2,3)4/h7-9H,10,18H2,1-6H3,(H,19,20). The minimum atomic E-state index is -0.503. The highest BCUT2D eigenvalue weighted by Crippen LogP contribution is 2.60. The first kappa shape index (κ1) is 15.8. The van der Waals surface area contributed by atoms with E-state index in [1.807, 2.05) is 39.8 Å². The molecule has 0 bridgehead atoms. The summed E-state index contributed by atoms with van der Waals surface area (Å²) in [6.07, 6.45) is 0.547. The van der Waals surface area contributed by atoms with Crippen molar-refractivity contribution in [3.8, 4) is 0 Å². The van der Waals surface area contributed by atoms with Crippen molar-refractivity contribution < 1.29 is 9.53 Å². The fourth-order valence-corrected chi connectivity index (χ4v) is 2.64. The van der Waals surface area contributed by atoms with Crippen molar-refractivity contribution in [3.05, 3.63) is 29.3 Å². The van der Waals surface area contributed by atoms with Gasteiger partial charge in [-0.2, -0.15) is 0 Å². The maximum absolute atomic E-state index is 11.8. The van der Waals surface area contributed by atoms with E-state index in [-0.39, 0.29) is 11.0 Å². The van der Waals surface area contributed by atoms with Crippen LogP contribution in [0, 0.1) is 12.3 Å². The summed E-state index contributed by atoms with van der Waals surface area (Å²) in [6, 6.07) is 5.95. The molecule has 0 saturated heterocycles. The second-order valence-electron chi connectivity index (χ2n) is 7.69. The van der Waals surface area contributed by atoms with Gasteiger partial charge in [-0.3, -0.25) is 5.32 Å². The third kappa shape index (κ3) is 3.21. The van der Waals surface area contributed by atoms with Crippen LogP contribution in [0.4, 0.5) is 10.5 Å². The SMILES string of the molecule is Cc1cc(C2(N)CC2(C)C)ccc1NC(=O)OC(C)(C)C. The van der Waals surface area contributed by atoms with E-state index in [1.165, 1.54) is 0 Å². The Balaban J connectivity index is 2.12. The van der Waals surface area contributed by atoms with E-state index in [0.29, 0.717) is 0 Å². The topological polar surface area (TPSA) is 64.3 Å². The van der Waals surface area contributed by atoms with Crippen LogP contribution in [-0.2, 0) is 10.3 Å². The molecule has 116 valence electrons. The summed E-state index contributed by atoms with van der Waals surface area (Å²) >= 11 is 0. The van der Waals surface area contributed by atoms with E-state index in [1.54, 1.807) is 0 Å². The first-order valence-corrected chi connectivity index (χ1v) is 7.35. The van der Waals surface area contributed by atoms with Crippen LogP contribution in [0.3, 0.4) is 0 Å². The lowest BCUT2D eigenvalue weighted by atomic mass is 9.95. The zero-order chi connectivity index (χ0) is 16.1. The molecule has 2 rings (SSSR count). The van der Waals surface area contributed by atoms with Crippen molar-refractivity contribution in [1.29, 1.82) is 0 Å². The third-order valence-electron chi connectivity index (χ3n) is 4.18. The Morgan fingerprint density at radius 3 is 2.33 bits per heavy atom. The number of carbonyl (C=O) groups is 1. The molecule has 0 aliphatic heterocycles. The largest absolute Gasteiger partial charge is 0.444 e. The van der Waals surface area contributed by atoms with Crippen LogP contribution < -0.4 is 11.1 Å². The Morgan fingerprint density at radius 2 is 1.90 bits per heavy atom. The quantitative estimate of drug-likeness (QED) is 0.867. The van der Waals surface area contributed by atoms with Gasteiger partial charge in [-0.15, -0.1) is 0 Å². The predicted octanol–water partition coefficient (Wildman–Crippen LogP) is 3.93. The number of nitrogens with one attached hydrogen (secondary N) is 1. The Hall–Kier alpha value is -1.55. The summed E-state index contributed by atoms with van der Waals surface area (Å²) in [5.74, 6) is 0. The third-order valence-corrected chi connectivity index (χ3v) is 4.18. The van der Waals surface area contributed by atoms with E-state index in [4.69, 9.17) is 10.5 Å². The summed E-state index contributed by atoms with van der Waals surface area (Å²) in [6.45, 7) is 11.8. The van der Waals surface area contributed by atoms with Crippen LogP contribution in [0.15, 0.2) is 18.2 Å². The second kappa shape index (κ2) is 4.73. The average Bonchev–Trinajstić information content (AvgIpc) is 2.79. The second-order valence-corrected chi connectivity index (χ2v) is 7.69. The zero-order valence-electron chi connectivity index (χ0n) is 13.8. The summed E-state index contributed by atoms with van der Waals surface area (Å²) in [5, 5.41) is 2.78. The van der Waals surface area contributed by atoms with Gasteiger partial charge < -0.3 is 10.5 Å². The summed E-state index contributed by atoms with van der Waals surface area (Å²) in [7, 11) is 0. The van der Waals surface area contributed by atoms with Crippen molar-refractivity contribution in [1.82, 2.24) is 0 Å². The van der Waals surface area contributed by atoms with E-state index in [0.717, 1.165) is 23.2 Å².